The number of nitriles is 1. The second-order valence-corrected chi connectivity index (χ2v) is 6.71. The van der Waals surface area contributed by atoms with E-state index in [1.807, 2.05) is 19.1 Å². The van der Waals surface area contributed by atoms with Crippen LogP contribution in [-0.2, 0) is 9.84 Å². The first-order valence-corrected chi connectivity index (χ1v) is 7.64. The summed E-state index contributed by atoms with van der Waals surface area (Å²) in [6.07, 6.45) is 0.567. The van der Waals surface area contributed by atoms with Crippen LogP contribution < -0.4 is 5.32 Å². The predicted molar refractivity (Wildman–Crippen MR) is 68.6 cm³/mol. The number of benzene rings is 1. The topological polar surface area (TPSA) is 70.0 Å². The molecule has 0 radical (unpaired) electrons. The van der Waals surface area contributed by atoms with E-state index >= 15 is 0 Å². The van der Waals surface area contributed by atoms with Gasteiger partial charge in [0, 0.05) is 12.6 Å². The summed E-state index contributed by atoms with van der Waals surface area (Å²) in [6.45, 7) is 2.42. The molecular formula is C13H16N2O2S. The Labute approximate surface area is 108 Å². The normalized spacial score (nSPS) is 22.8. The molecule has 1 N–H and O–H groups in total. The Morgan fingerprint density at radius 2 is 2.22 bits per heavy atom. The monoisotopic (exact) mass is 264 g/mol. The summed E-state index contributed by atoms with van der Waals surface area (Å²) in [7, 11) is -3.12. The minimum atomic E-state index is -3.12. The lowest BCUT2D eigenvalue weighted by Crippen LogP contribution is -2.32. The van der Waals surface area contributed by atoms with Crippen LogP contribution >= 0.6 is 0 Å². The first kappa shape index (κ1) is 13.1. The minimum Gasteiger partial charge on any atom is -0.309 e. The van der Waals surface area contributed by atoms with Crippen molar-refractivity contribution in [1.29, 1.82) is 5.26 Å². The van der Waals surface area contributed by atoms with Gasteiger partial charge in [0.05, 0.1) is 22.6 Å². The van der Waals surface area contributed by atoms with E-state index in [4.69, 9.17) is 5.26 Å². The van der Waals surface area contributed by atoms with Gasteiger partial charge in [0.2, 0.25) is 0 Å². The summed E-state index contributed by atoms with van der Waals surface area (Å²) >= 11 is 0. The molecule has 18 heavy (non-hydrogen) atoms. The van der Waals surface area contributed by atoms with Gasteiger partial charge in [-0.15, -0.1) is 0 Å². The summed E-state index contributed by atoms with van der Waals surface area (Å²) in [5.41, 5.74) is 0.828. The third-order valence-corrected chi connectivity index (χ3v) is 5.01. The van der Waals surface area contributed by atoms with Crippen molar-refractivity contribution in [1.82, 2.24) is 5.32 Å². The smallest absolute Gasteiger partial charge is 0.178 e. The van der Waals surface area contributed by atoms with Crippen molar-refractivity contribution in [3.05, 3.63) is 29.8 Å². The SMILES string of the molecule is CC(C#N)CNC1CCS(=O)(=O)c2ccccc21. The van der Waals surface area contributed by atoms with Crippen LogP contribution in [0.1, 0.15) is 24.9 Å². The summed E-state index contributed by atoms with van der Waals surface area (Å²) in [4.78, 5) is 0.429. The fourth-order valence-corrected chi connectivity index (χ4v) is 3.79. The second kappa shape index (κ2) is 5.09. The lowest BCUT2D eigenvalue weighted by atomic mass is 10.0. The van der Waals surface area contributed by atoms with Crippen LogP contribution in [0.5, 0.6) is 0 Å². The number of fused-ring (bicyclic) bond motifs is 1. The zero-order valence-corrected chi connectivity index (χ0v) is 11.1. The van der Waals surface area contributed by atoms with Crippen LogP contribution in [0.3, 0.4) is 0 Å². The molecule has 0 aromatic heterocycles. The second-order valence-electron chi connectivity index (χ2n) is 4.64. The number of nitrogens with zero attached hydrogens (tertiary/aromatic N) is 1. The first-order chi connectivity index (χ1) is 8.54. The highest BCUT2D eigenvalue weighted by atomic mass is 32.2. The standard InChI is InChI=1S/C13H16N2O2S/c1-10(8-14)9-15-12-6-7-18(16,17)13-5-3-2-4-11(12)13/h2-5,10,12,15H,6-7,9H2,1H3. The molecule has 1 heterocycles. The Kier molecular flexibility index (Phi) is 3.69. The molecule has 0 spiro atoms. The molecular weight excluding hydrogens is 248 g/mol. The minimum absolute atomic E-state index is 0.0283. The Balaban J connectivity index is 2.24. The highest BCUT2D eigenvalue weighted by molar-refractivity contribution is 7.91. The van der Waals surface area contributed by atoms with Crippen molar-refractivity contribution in [3.8, 4) is 6.07 Å². The Bertz CT molecular complexity index is 575. The van der Waals surface area contributed by atoms with Crippen molar-refractivity contribution in [3.63, 3.8) is 0 Å². The van der Waals surface area contributed by atoms with Crippen molar-refractivity contribution >= 4 is 9.84 Å². The molecule has 4 nitrogen and oxygen atoms in total. The molecule has 2 atom stereocenters. The van der Waals surface area contributed by atoms with E-state index in [0.717, 1.165) is 5.56 Å². The zero-order valence-electron chi connectivity index (χ0n) is 10.3. The van der Waals surface area contributed by atoms with Crippen LogP contribution in [0, 0.1) is 17.2 Å². The van der Waals surface area contributed by atoms with Gasteiger partial charge in [0.15, 0.2) is 9.84 Å². The molecule has 0 saturated heterocycles. The number of hydrogen-bond acceptors (Lipinski definition) is 4. The number of rotatable bonds is 3. The summed E-state index contributed by atoms with van der Waals surface area (Å²) in [5, 5.41) is 12.0. The van der Waals surface area contributed by atoms with Crippen LogP contribution in [0.4, 0.5) is 0 Å². The predicted octanol–water partition coefficient (Wildman–Crippen LogP) is 1.65. The average molecular weight is 264 g/mol. The molecule has 1 aliphatic rings. The quantitative estimate of drug-likeness (QED) is 0.901. The van der Waals surface area contributed by atoms with Gasteiger partial charge in [-0.1, -0.05) is 18.2 Å². The highest BCUT2D eigenvalue weighted by Gasteiger charge is 2.29. The molecule has 0 aliphatic carbocycles. The number of sulfone groups is 1. The lowest BCUT2D eigenvalue weighted by Gasteiger charge is -2.26. The fourth-order valence-electron chi connectivity index (χ4n) is 2.17. The van der Waals surface area contributed by atoms with E-state index in [9.17, 15) is 8.42 Å². The summed E-state index contributed by atoms with van der Waals surface area (Å²) < 4.78 is 23.9. The molecule has 0 bridgehead atoms. The maximum absolute atomic E-state index is 11.9. The Morgan fingerprint density at radius 1 is 1.50 bits per heavy atom. The van der Waals surface area contributed by atoms with Crippen molar-refractivity contribution in [2.75, 3.05) is 12.3 Å². The number of hydrogen-bond donors (Lipinski definition) is 1. The van der Waals surface area contributed by atoms with E-state index in [1.54, 1.807) is 12.1 Å². The van der Waals surface area contributed by atoms with E-state index < -0.39 is 9.84 Å². The average Bonchev–Trinajstić information content (AvgIpc) is 2.38. The van der Waals surface area contributed by atoms with Gasteiger partial charge in [-0.25, -0.2) is 8.42 Å². The highest BCUT2D eigenvalue weighted by Crippen LogP contribution is 2.31. The molecule has 5 heteroatoms. The third-order valence-electron chi connectivity index (χ3n) is 3.20. The molecule has 1 aromatic carbocycles. The van der Waals surface area contributed by atoms with Crippen LogP contribution in [0.25, 0.3) is 0 Å². The molecule has 1 aliphatic heterocycles. The van der Waals surface area contributed by atoms with Crippen LogP contribution in [-0.4, -0.2) is 20.7 Å². The molecule has 96 valence electrons. The fraction of sp³-hybridized carbons (Fsp3) is 0.462. The summed E-state index contributed by atoms with van der Waals surface area (Å²) in [6, 6.07) is 9.30. The van der Waals surface area contributed by atoms with Crippen molar-refractivity contribution in [2.45, 2.75) is 24.3 Å². The molecule has 1 aromatic rings. The Morgan fingerprint density at radius 3 is 2.94 bits per heavy atom. The van der Waals surface area contributed by atoms with E-state index in [0.29, 0.717) is 17.9 Å². The van der Waals surface area contributed by atoms with Gasteiger partial charge in [-0.05, 0) is 25.0 Å². The van der Waals surface area contributed by atoms with E-state index in [-0.39, 0.29) is 17.7 Å². The third kappa shape index (κ3) is 2.55. The van der Waals surface area contributed by atoms with Gasteiger partial charge < -0.3 is 5.32 Å². The van der Waals surface area contributed by atoms with E-state index in [1.165, 1.54) is 0 Å². The van der Waals surface area contributed by atoms with Gasteiger partial charge in [-0.2, -0.15) is 5.26 Å². The maximum atomic E-state index is 11.9. The largest absolute Gasteiger partial charge is 0.309 e. The van der Waals surface area contributed by atoms with Gasteiger partial charge >= 0.3 is 0 Å². The van der Waals surface area contributed by atoms with E-state index in [2.05, 4.69) is 11.4 Å². The zero-order chi connectivity index (χ0) is 13.2. The van der Waals surface area contributed by atoms with Gasteiger partial charge in [0.25, 0.3) is 0 Å². The molecule has 2 rings (SSSR count). The lowest BCUT2D eigenvalue weighted by molar-refractivity contribution is 0.469. The molecule has 0 saturated carbocycles. The Hall–Kier alpha value is -1.38. The molecule has 0 fully saturated rings. The van der Waals surface area contributed by atoms with Gasteiger partial charge in [0.1, 0.15) is 0 Å². The number of nitrogens with one attached hydrogen (secondary N) is 1. The molecule has 0 amide bonds. The van der Waals surface area contributed by atoms with Gasteiger partial charge in [-0.3, -0.25) is 0 Å². The van der Waals surface area contributed by atoms with Crippen LogP contribution in [0.15, 0.2) is 29.2 Å². The van der Waals surface area contributed by atoms with Crippen molar-refractivity contribution < 1.29 is 8.42 Å². The molecule has 2 unspecified atom stereocenters. The first-order valence-electron chi connectivity index (χ1n) is 5.99. The van der Waals surface area contributed by atoms with Crippen LogP contribution in [0.2, 0.25) is 0 Å². The maximum Gasteiger partial charge on any atom is 0.178 e. The summed E-state index contributed by atoms with van der Waals surface area (Å²) in [5.74, 6) is 0.0958. The van der Waals surface area contributed by atoms with Crippen molar-refractivity contribution in [2.24, 2.45) is 5.92 Å².